The van der Waals surface area contributed by atoms with E-state index in [0.717, 1.165) is 17.4 Å². The third kappa shape index (κ3) is 1.98. The lowest BCUT2D eigenvalue weighted by Crippen LogP contribution is -2.18. The van der Waals surface area contributed by atoms with Crippen LogP contribution in [0.2, 0.25) is 0 Å². The summed E-state index contributed by atoms with van der Waals surface area (Å²) in [4.78, 5) is 20.7. The Balaban J connectivity index is 2.51. The van der Waals surface area contributed by atoms with Crippen molar-refractivity contribution >= 4 is 22.7 Å². The van der Waals surface area contributed by atoms with Crippen LogP contribution in [0.5, 0.6) is 0 Å². The second-order valence-corrected chi connectivity index (χ2v) is 5.48. The van der Waals surface area contributed by atoms with Gasteiger partial charge in [-0.25, -0.2) is 4.98 Å². The molecule has 0 saturated heterocycles. The molecule has 102 valence electrons. The zero-order valence-corrected chi connectivity index (χ0v) is 12.5. The van der Waals surface area contributed by atoms with Gasteiger partial charge in [-0.1, -0.05) is 23.4 Å². The second kappa shape index (κ2) is 4.90. The van der Waals surface area contributed by atoms with Crippen molar-refractivity contribution in [1.82, 2.24) is 14.5 Å². The number of thioether (sulfide) groups is 1. The number of hydrogen-bond donors (Lipinski definition) is 0. The van der Waals surface area contributed by atoms with Crippen LogP contribution in [0.4, 0.5) is 0 Å². The molecular weight excluding hydrogens is 270 g/mol. The number of aryl methyl sites for hydroxylation is 2. The van der Waals surface area contributed by atoms with Crippen LogP contribution in [-0.2, 0) is 6.54 Å². The summed E-state index contributed by atoms with van der Waals surface area (Å²) in [5, 5.41) is 1.58. The Bertz CT molecular complexity index is 825. The molecule has 0 N–H and O–H groups in total. The maximum absolute atomic E-state index is 12.2. The zero-order chi connectivity index (χ0) is 14.3. The molecule has 4 nitrogen and oxygen atoms in total. The number of hydrogen-bond acceptors (Lipinski definition) is 4. The van der Waals surface area contributed by atoms with E-state index in [2.05, 4.69) is 39.7 Å². The van der Waals surface area contributed by atoms with Crippen molar-refractivity contribution in [2.24, 2.45) is 0 Å². The molecule has 0 saturated carbocycles. The molecule has 0 bridgehead atoms. The van der Waals surface area contributed by atoms with Crippen LogP contribution < -0.4 is 5.56 Å². The second-order valence-electron chi connectivity index (χ2n) is 4.70. The Kier molecular flexibility index (Phi) is 3.22. The van der Waals surface area contributed by atoms with Gasteiger partial charge in [-0.2, -0.15) is 4.98 Å². The summed E-state index contributed by atoms with van der Waals surface area (Å²) in [7, 11) is 0. The summed E-state index contributed by atoms with van der Waals surface area (Å²) in [6.45, 7) is 4.87. The van der Waals surface area contributed by atoms with E-state index in [1.54, 1.807) is 0 Å². The fourth-order valence-corrected chi connectivity index (χ4v) is 2.82. The lowest BCUT2D eigenvalue weighted by Gasteiger charge is -2.16. The van der Waals surface area contributed by atoms with E-state index in [0.29, 0.717) is 16.5 Å². The average molecular weight is 285 g/mol. The van der Waals surface area contributed by atoms with E-state index in [4.69, 9.17) is 0 Å². The van der Waals surface area contributed by atoms with Crippen molar-refractivity contribution in [2.75, 3.05) is 6.26 Å². The van der Waals surface area contributed by atoms with Crippen LogP contribution >= 0.6 is 11.8 Å². The van der Waals surface area contributed by atoms with E-state index in [-0.39, 0.29) is 5.56 Å². The molecule has 20 heavy (non-hydrogen) atoms. The number of nitrogens with zero attached hydrogens (tertiary/aromatic N) is 3. The van der Waals surface area contributed by atoms with Crippen molar-refractivity contribution in [2.45, 2.75) is 25.5 Å². The molecule has 0 fully saturated rings. The molecule has 2 heterocycles. The van der Waals surface area contributed by atoms with E-state index < -0.39 is 0 Å². The summed E-state index contributed by atoms with van der Waals surface area (Å²) >= 11 is 1.39. The smallest absolute Gasteiger partial charge is 0.283 e. The summed E-state index contributed by atoms with van der Waals surface area (Å²) in [5.41, 5.74) is 2.65. The van der Waals surface area contributed by atoms with Crippen LogP contribution in [0.3, 0.4) is 0 Å². The number of benzene rings is 1. The highest BCUT2D eigenvalue weighted by Gasteiger charge is 2.17. The van der Waals surface area contributed by atoms with Gasteiger partial charge in [0, 0.05) is 12.1 Å². The van der Waals surface area contributed by atoms with Gasteiger partial charge in [0.05, 0.1) is 5.56 Å². The fraction of sp³-hybridized carbons (Fsp3) is 0.267. The molecule has 1 aromatic carbocycles. The van der Waals surface area contributed by atoms with Crippen molar-refractivity contribution in [3.63, 3.8) is 0 Å². The van der Waals surface area contributed by atoms with E-state index in [1.807, 2.05) is 19.2 Å². The summed E-state index contributed by atoms with van der Waals surface area (Å²) < 4.78 is 2.08. The predicted molar refractivity (Wildman–Crippen MR) is 82.6 cm³/mol. The van der Waals surface area contributed by atoms with Gasteiger partial charge >= 0.3 is 0 Å². The van der Waals surface area contributed by atoms with Crippen molar-refractivity contribution in [3.05, 3.63) is 40.2 Å². The van der Waals surface area contributed by atoms with E-state index >= 15 is 0 Å². The normalized spacial score (nSPS) is 11.3. The largest absolute Gasteiger partial charge is 0.325 e. The molecule has 0 aliphatic carbocycles. The number of pyridine rings is 1. The van der Waals surface area contributed by atoms with Crippen LogP contribution in [0.1, 0.15) is 12.5 Å². The third-order valence-electron chi connectivity index (χ3n) is 3.40. The topological polar surface area (TPSA) is 47.8 Å². The monoisotopic (exact) mass is 285 g/mol. The number of aromatic nitrogens is 3. The highest BCUT2D eigenvalue weighted by atomic mass is 32.2. The summed E-state index contributed by atoms with van der Waals surface area (Å²) in [5.74, 6) is 0.716. The highest BCUT2D eigenvalue weighted by molar-refractivity contribution is 7.98. The van der Waals surface area contributed by atoms with E-state index in [9.17, 15) is 4.79 Å². The Morgan fingerprint density at radius 3 is 2.75 bits per heavy atom. The molecule has 0 unspecified atom stereocenters. The van der Waals surface area contributed by atoms with E-state index in [1.165, 1.54) is 17.3 Å². The molecule has 2 aliphatic rings. The number of fused-ring (bicyclic) bond motifs is 2. The molecule has 3 rings (SSSR count). The first-order valence-electron chi connectivity index (χ1n) is 6.50. The zero-order valence-electron chi connectivity index (χ0n) is 11.7. The molecule has 0 aromatic heterocycles. The van der Waals surface area contributed by atoms with Crippen LogP contribution in [0, 0.1) is 6.92 Å². The molecular formula is C15H15N3OS. The SMILES string of the molecule is CCn1c2nc(SC)nc(=O)c-2cc2cc(C)ccc21. The van der Waals surface area contributed by atoms with Gasteiger partial charge in [0.1, 0.15) is 5.82 Å². The Hall–Kier alpha value is -1.88. The molecule has 5 heteroatoms. The lowest BCUT2D eigenvalue weighted by atomic mass is 10.1. The Morgan fingerprint density at radius 2 is 2.05 bits per heavy atom. The quantitative estimate of drug-likeness (QED) is 0.412. The molecule has 0 spiro atoms. The van der Waals surface area contributed by atoms with Gasteiger partial charge in [0.15, 0.2) is 5.16 Å². The van der Waals surface area contributed by atoms with Crippen molar-refractivity contribution < 1.29 is 0 Å². The minimum atomic E-state index is -0.204. The predicted octanol–water partition coefficient (Wildman–Crippen LogP) is 2.95. The first-order chi connectivity index (χ1) is 9.63. The van der Waals surface area contributed by atoms with Gasteiger partial charge in [-0.05, 0) is 43.7 Å². The minimum Gasteiger partial charge on any atom is -0.325 e. The fourth-order valence-electron chi connectivity index (χ4n) is 2.47. The van der Waals surface area contributed by atoms with Gasteiger partial charge in [-0.3, -0.25) is 4.79 Å². The summed E-state index contributed by atoms with van der Waals surface area (Å²) in [6.07, 6.45) is 1.88. The Morgan fingerprint density at radius 1 is 1.25 bits per heavy atom. The maximum Gasteiger partial charge on any atom is 0.283 e. The molecule has 0 atom stereocenters. The lowest BCUT2D eigenvalue weighted by molar-refractivity contribution is 0.756. The number of rotatable bonds is 2. The third-order valence-corrected chi connectivity index (χ3v) is 3.95. The molecule has 0 radical (unpaired) electrons. The molecule has 2 aliphatic heterocycles. The van der Waals surface area contributed by atoms with Gasteiger partial charge in [0.2, 0.25) is 0 Å². The minimum absolute atomic E-state index is 0.204. The van der Waals surface area contributed by atoms with Crippen LogP contribution in [0.15, 0.2) is 34.2 Å². The summed E-state index contributed by atoms with van der Waals surface area (Å²) in [6, 6.07) is 8.15. The molecule has 0 amide bonds. The first-order valence-corrected chi connectivity index (χ1v) is 7.72. The first kappa shape index (κ1) is 13.1. The van der Waals surface area contributed by atoms with Gasteiger partial charge in [-0.15, -0.1) is 0 Å². The van der Waals surface area contributed by atoms with Crippen molar-refractivity contribution in [3.8, 4) is 11.4 Å². The van der Waals surface area contributed by atoms with Crippen LogP contribution in [-0.4, -0.2) is 20.8 Å². The average Bonchev–Trinajstić information content (AvgIpc) is 2.45. The Labute approximate surface area is 121 Å². The maximum atomic E-state index is 12.2. The van der Waals surface area contributed by atoms with Gasteiger partial charge in [0.25, 0.3) is 5.56 Å². The highest BCUT2D eigenvalue weighted by Crippen LogP contribution is 2.26. The van der Waals surface area contributed by atoms with Crippen molar-refractivity contribution in [1.29, 1.82) is 0 Å². The molecule has 1 aromatic rings. The van der Waals surface area contributed by atoms with Gasteiger partial charge < -0.3 is 4.57 Å². The van der Waals surface area contributed by atoms with Crippen LogP contribution in [0.25, 0.3) is 22.3 Å². The standard InChI is InChI=1S/C15H15N3OS/c1-4-18-12-6-5-9(2)7-10(12)8-11-13(18)16-15(20-3)17-14(11)19/h5-8H,4H2,1-3H3.